The first kappa shape index (κ1) is 23.1. The summed E-state index contributed by atoms with van der Waals surface area (Å²) in [6.45, 7) is 5.01. The number of hydrogen-bond acceptors (Lipinski definition) is 3. The van der Waals surface area contributed by atoms with Crippen LogP contribution in [0.3, 0.4) is 0 Å². The third-order valence-electron chi connectivity index (χ3n) is 7.00. The smallest absolute Gasteiger partial charge is 0.228 e. The number of fused-ring (bicyclic) bond motifs is 1. The van der Waals surface area contributed by atoms with Crippen molar-refractivity contribution in [2.45, 2.75) is 63.6 Å². The van der Waals surface area contributed by atoms with Crippen LogP contribution in [0.25, 0.3) is 0 Å². The molecule has 0 bridgehead atoms. The Balaban J connectivity index is 1.68. The van der Waals surface area contributed by atoms with Crippen molar-refractivity contribution >= 4 is 17.5 Å². The minimum absolute atomic E-state index is 0.0331. The van der Waals surface area contributed by atoms with Gasteiger partial charge in [0.15, 0.2) is 0 Å². The van der Waals surface area contributed by atoms with Crippen molar-refractivity contribution in [2.24, 2.45) is 5.92 Å². The predicted octanol–water partition coefficient (Wildman–Crippen LogP) is 4.54. The van der Waals surface area contributed by atoms with Gasteiger partial charge in [-0.15, -0.1) is 0 Å². The lowest BCUT2D eigenvalue weighted by Gasteiger charge is -2.42. The van der Waals surface area contributed by atoms with E-state index in [1.54, 1.807) is 24.8 Å². The van der Waals surface area contributed by atoms with Crippen LogP contribution in [-0.4, -0.2) is 39.3 Å². The Morgan fingerprint density at radius 2 is 1.94 bits per heavy atom. The third-order valence-corrected chi connectivity index (χ3v) is 7.35. The van der Waals surface area contributed by atoms with Crippen molar-refractivity contribution in [3.05, 3.63) is 69.2 Å². The van der Waals surface area contributed by atoms with E-state index >= 15 is 0 Å². The Labute approximate surface area is 191 Å². The molecule has 1 fully saturated rings. The van der Waals surface area contributed by atoms with Gasteiger partial charge in [-0.1, -0.05) is 23.7 Å². The van der Waals surface area contributed by atoms with Gasteiger partial charge >= 0.3 is 0 Å². The van der Waals surface area contributed by atoms with Crippen LogP contribution in [0.2, 0.25) is 5.02 Å². The molecule has 0 radical (unpaired) electrons. The predicted molar refractivity (Wildman–Crippen MR) is 118 cm³/mol. The molecule has 4 atom stereocenters. The summed E-state index contributed by atoms with van der Waals surface area (Å²) in [4.78, 5) is 14.8. The summed E-state index contributed by atoms with van der Waals surface area (Å²) in [5.74, 6) is -1.33. The molecule has 0 saturated heterocycles. The minimum atomic E-state index is -0.905. The van der Waals surface area contributed by atoms with Crippen LogP contribution in [0.1, 0.15) is 61.4 Å². The van der Waals surface area contributed by atoms with Crippen LogP contribution in [0.15, 0.2) is 30.3 Å². The molecule has 2 aromatic rings. The molecule has 1 aliphatic heterocycles. The summed E-state index contributed by atoms with van der Waals surface area (Å²) in [7, 11) is 0. The zero-order valence-corrected chi connectivity index (χ0v) is 19.2. The molecule has 4 nitrogen and oxygen atoms in total. The molecular formula is C25H28ClF2NO3. The monoisotopic (exact) mass is 463 g/mol. The van der Waals surface area contributed by atoms with E-state index in [0.29, 0.717) is 18.4 Å². The van der Waals surface area contributed by atoms with Gasteiger partial charge in [-0.3, -0.25) is 4.79 Å². The van der Waals surface area contributed by atoms with Gasteiger partial charge in [-0.2, -0.15) is 0 Å². The van der Waals surface area contributed by atoms with E-state index in [-0.39, 0.29) is 47.2 Å². The zero-order chi connectivity index (χ0) is 23.4. The first-order chi connectivity index (χ1) is 15.0. The highest BCUT2D eigenvalue weighted by atomic mass is 35.5. The van der Waals surface area contributed by atoms with E-state index in [1.165, 1.54) is 24.3 Å². The Morgan fingerprint density at radius 3 is 2.53 bits per heavy atom. The zero-order valence-electron chi connectivity index (χ0n) is 18.4. The number of hydrogen-bond donors (Lipinski definition) is 2. The quantitative estimate of drug-likeness (QED) is 0.684. The lowest BCUT2D eigenvalue weighted by molar-refractivity contribution is -0.137. The summed E-state index contributed by atoms with van der Waals surface area (Å²) in [6.07, 6.45) is 0.775. The van der Waals surface area contributed by atoms with Gasteiger partial charge in [-0.25, -0.2) is 8.78 Å². The molecule has 1 aliphatic carbocycles. The lowest BCUT2D eigenvalue weighted by Crippen LogP contribution is -2.49. The SMILES string of the molecule is C[C@H]1c2ccc(F)c([C@@H]3CC3C(C)(C)O)c2C[C@H](CO)N1C(=O)Cc1c(F)cccc1Cl. The molecule has 4 rings (SSSR count). The van der Waals surface area contributed by atoms with Gasteiger partial charge in [0.25, 0.3) is 0 Å². The lowest BCUT2D eigenvalue weighted by atomic mass is 9.83. The van der Waals surface area contributed by atoms with E-state index in [0.717, 1.165) is 11.1 Å². The second-order valence-electron chi connectivity index (χ2n) is 9.53. The van der Waals surface area contributed by atoms with Crippen molar-refractivity contribution < 1.29 is 23.8 Å². The summed E-state index contributed by atoms with van der Waals surface area (Å²) in [6, 6.07) is 6.40. The second-order valence-corrected chi connectivity index (χ2v) is 9.93. The van der Waals surface area contributed by atoms with Gasteiger partial charge in [0.05, 0.1) is 30.7 Å². The van der Waals surface area contributed by atoms with Crippen LogP contribution in [0, 0.1) is 17.6 Å². The van der Waals surface area contributed by atoms with E-state index in [1.807, 2.05) is 6.92 Å². The first-order valence-corrected chi connectivity index (χ1v) is 11.3. The molecule has 7 heteroatoms. The molecule has 0 spiro atoms. The fourth-order valence-corrected chi connectivity index (χ4v) is 5.51. The van der Waals surface area contributed by atoms with Crippen LogP contribution >= 0.6 is 11.6 Å². The molecule has 172 valence electrons. The Kier molecular flexibility index (Phi) is 6.07. The molecular weight excluding hydrogens is 436 g/mol. The molecule has 1 saturated carbocycles. The average Bonchev–Trinajstić information content (AvgIpc) is 3.51. The standard InChI is InChI=1S/C25H28ClF2NO3/c1-13-15-7-8-22(28)24(17-10-19(17)25(2,3)32)16(15)9-14(12-30)29(13)23(31)11-18-20(26)5-4-6-21(18)27/h4-8,13-14,17,19,30,32H,9-12H2,1-3H3/t13-,14+,17+,19?/m0/s1. The minimum Gasteiger partial charge on any atom is -0.394 e. The number of aliphatic hydroxyl groups is 2. The number of amides is 1. The molecule has 2 aromatic carbocycles. The van der Waals surface area contributed by atoms with Crippen LogP contribution < -0.4 is 0 Å². The molecule has 0 aromatic heterocycles. The summed E-state index contributed by atoms with van der Waals surface area (Å²) in [5, 5.41) is 20.7. The number of carbonyl (C=O) groups excluding carboxylic acids is 1. The van der Waals surface area contributed by atoms with Crippen molar-refractivity contribution in [1.29, 1.82) is 0 Å². The van der Waals surface area contributed by atoms with Gasteiger partial charge in [0.2, 0.25) is 5.91 Å². The fraction of sp³-hybridized carbons (Fsp3) is 0.480. The molecule has 2 aliphatic rings. The van der Waals surface area contributed by atoms with E-state index in [4.69, 9.17) is 11.6 Å². The van der Waals surface area contributed by atoms with Crippen LogP contribution in [-0.2, 0) is 17.6 Å². The number of rotatable bonds is 5. The fourth-order valence-electron chi connectivity index (χ4n) is 5.28. The highest BCUT2D eigenvalue weighted by Crippen LogP contribution is 2.56. The van der Waals surface area contributed by atoms with Crippen molar-refractivity contribution in [3.63, 3.8) is 0 Å². The first-order valence-electron chi connectivity index (χ1n) is 10.9. The summed E-state index contributed by atoms with van der Waals surface area (Å²) >= 11 is 6.11. The highest BCUT2D eigenvalue weighted by molar-refractivity contribution is 6.31. The Hall–Kier alpha value is -2.02. The average molecular weight is 464 g/mol. The molecule has 1 heterocycles. The van der Waals surface area contributed by atoms with Crippen molar-refractivity contribution in [3.8, 4) is 0 Å². The number of aliphatic hydroxyl groups excluding tert-OH is 1. The molecule has 32 heavy (non-hydrogen) atoms. The van der Waals surface area contributed by atoms with E-state index < -0.39 is 23.5 Å². The number of benzene rings is 2. The van der Waals surface area contributed by atoms with Crippen LogP contribution in [0.4, 0.5) is 8.78 Å². The number of nitrogens with zero attached hydrogens (tertiary/aromatic N) is 1. The van der Waals surface area contributed by atoms with Crippen molar-refractivity contribution in [2.75, 3.05) is 6.61 Å². The van der Waals surface area contributed by atoms with Gasteiger partial charge in [0, 0.05) is 10.6 Å². The largest absolute Gasteiger partial charge is 0.394 e. The number of halogens is 3. The molecule has 1 unspecified atom stereocenters. The van der Waals surface area contributed by atoms with Crippen molar-refractivity contribution in [1.82, 2.24) is 4.90 Å². The normalized spacial score (nSPS) is 24.9. The Bertz CT molecular complexity index is 1030. The highest BCUT2D eigenvalue weighted by Gasteiger charge is 2.50. The van der Waals surface area contributed by atoms with E-state index in [2.05, 4.69) is 0 Å². The van der Waals surface area contributed by atoms with Crippen LogP contribution in [0.5, 0.6) is 0 Å². The maximum atomic E-state index is 14.9. The topological polar surface area (TPSA) is 60.8 Å². The maximum Gasteiger partial charge on any atom is 0.228 e. The number of carbonyl (C=O) groups is 1. The summed E-state index contributed by atoms with van der Waals surface area (Å²) < 4.78 is 29.2. The molecule has 2 N–H and O–H groups in total. The maximum absolute atomic E-state index is 14.9. The summed E-state index contributed by atoms with van der Waals surface area (Å²) in [5.41, 5.74) is 1.43. The third kappa shape index (κ3) is 4.04. The Morgan fingerprint density at radius 1 is 1.22 bits per heavy atom. The van der Waals surface area contributed by atoms with E-state index in [9.17, 15) is 23.8 Å². The van der Waals surface area contributed by atoms with Gasteiger partial charge in [0.1, 0.15) is 11.6 Å². The second kappa shape index (κ2) is 8.40. The molecule has 1 amide bonds. The van der Waals surface area contributed by atoms with Gasteiger partial charge < -0.3 is 15.1 Å². The van der Waals surface area contributed by atoms with Gasteiger partial charge in [-0.05, 0) is 80.3 Å².